The summed E-state index contributed by atoms with van der Waals surface area (Å²) in [5.41, 5.74) is 1.91. The molecule has 1 aliphatic rings. The van der Waals surface area contributed by atoms with Crippen LogP contribution in [0, 0.1) is 0 Å². The first-order chi connectivity index (χ1) is 14.6. The Morgan fingerprint density at radius 3 is 2.57 bits per heavy atom. The minimum atomic E-state index is 0.0723. The third-order valence-corrected chi connectivity index (χ3v) is 6.21. The van der Waals surface area contributed by atoms with E-state index in [1.54, 1.807) is 7.11 Å². The fourth-order valence-corrected chi connectivity index (χ4v) is 4.21. The molecule has 0 atom stereocenters. The molecule has 0 unspecified atom stereocenters. The average molecular weight is 489 g/mol. The van der Waals surface area contributed by atoms with Gasteiger partial charge >= 0.3 is 0 Å². The maximum Gasteiger partial charge on any atom is 0.277 e. The van der Waals surface area contributed by atoms with Crippen LogP contribution in [0.5, 0.6) is 5.75 Å². The number of piperazine rings is 1. The van der Waals surface area contributed by atoms with Gasteiger partial charge in [0.1, 0.15) is 5.75 Å². The number of ether oxygens (including phenoxy) is 1. The molecule has 1 amide bonds. The standard InChI is InChI=1S/C21H21BrN4O3S/c1-28-18-5-3-2-4-17(18)25-10-12-26(13-11-25)19(27)14-30-21-24-23-20(29-21)15-6-8-16(22)9-7-15/h2-9H,10-14H2,1H3. The summed E-state index contributed by atoms with van der Waals surface area (Å²) in [5, 5.41) is 8.51. The minimum Gasteiger partial charge on any atom is -0.495 e. The molecule has 2 heterocycles. The summed E-state index contributed by atoms with van der Waals surface area (Å²) in [7, 11) is 1.68. The number of halogens is 1. The van der Waals surface area contributed by atoms with Crippen LogP contribution >= 0.6 is 27.7 Å². The molecule has 30 heavy (non-hydrogen) atoms. The third kappa shape index (κ3) is 4.79. The number of rotatable bonds is 6. The maximum absolute atomic E-state index is 12.6. The molecule has 0 aliphatic carbocycles. The Morgan fingerprint density at radius 1 is 1.10 bits per heavy atom. The van der Waals surface area contributed by atoms with Crippen molar-refractivity contribution < 1.29 is 13.9 Å². The number of carbonyl (C=O) groups excluding carboxylic acids is 1. The van der Waals surface area contributed by atoms with Crippen molar-refractivity contribution in [1.29, 1.82) is 0 Å². The molecule has 0 saturated carbocycles. The summed E-state index contributed by atoms with van der Waals surface area (Å²) in [6.07, 6.45) is 0. The van der Waals surface area contributed by atoms with E-state index in [-0.39, 0.29) is 11.7 Å². The van der Waals surface area contributed by atoms with Gasteiger partial charge in [0.25, 0.3) is 5.22 Å². The second kappa shape index (κ2) is 9.53. The lowest BCUT2D eigenvalue weighted by molar-refractivity contribution is -0.128. The highest BCUT2D eigenvalue weighted by Gasteiger charge is 2.23. The van der Waals surface area contributed by atoms with Crippen LogP contribution in [0.2, 0.25) is 0 Å². The summed E-state index contributed by atoms with van der Waals surface area (Å²) >= 11 is 4.67. The van der Waals surface area contributed by atoms with E-state index >= 15 is 0 Å². The van der Waals surface area contributed by atoms with Gasteiger partial charge in [0, 0.05) is 36.2 Å². The number of hydrogen-bond donors (Lipinski definition) is 0. The lowest BCUT2D eigenvalue weighted by Gasteiger charge is -2.36. The number of thioether (sulfide) groups is 1. The fourth-order valence-electron chi connectivity index (χ4n) is 3.28. The molecule has 4 rings (SSSR count). The normalized spacial score (nSPS) is 14.1. The van der Waals surface area contributed by atoms with Gasteiger partial charge in [0.05, 0.1) is 18.6 Å². The van der Waals surface area contributed by atoms with Crippen molar-refractivity contribution >= 4 is 39.3 Å². The highest BCUT2D eigenvalue weighted by Crippen LogP contribution is 2.29. The van der Waals surface area contributed by atoms with Crippen LogP contribution in [0.15, 0.2) is 62.6 Å². The SMILES string of the molecule is COc1ccccc1N1CCN(C(=O)CSc2nnc(-c3ccc(Br)cc3)o2)CC1. The van der Waals surface area contributed by atoms with E-state index in [1.807, 2.05) is 53.4 Å². The van der Waals surface area contributed by atoms with Gasteiger partial charge in [-0.1, -0.05) is 39.8 Å². The van der Waals surface area contributed by atoms with Gasteiger partial charge in [-0.05, 0) is 36.4 Å². The summed E-state index contributed by atoms with van der Waals surface area (Å²) in [6, 6.07) is 15.6. The predicted octanol–water partition coefficient (Wildman–Crippen LogP) is 3.95. The van der Waals surface area contributed by atoms with Crippen LogP contribution in [-0.4, -0.2) is 60.0 Å². The third-order valence-electron chi connectivity index (χ3n) is 4.87. The largest absolute Gasteiger partial charge is 0.495 e. The van der Waals surface area contributed by atoms with Crippen molar-refractivity contribution in [3.05, 3.63) is 53.0 Å². The second-order valence-corrected chi connectivity index (χ2v) is 8.55. The highest BCUT2D eigenvalue weighted by atomic mass is 79.9. The number of aromatic nitrogens is 2. The van der Waals surface area contributed by atoms with E-state index in [1.165, 1.54) is 11.8 Å². The number of para-hydroxylation sites is 2. The Morgan fingerprint density at radius 2 is 1.83 bits per heavy atom. The number of benzene rings is 2. The summed E-state index contributed by atoms with van der Waals surface area (Å²) < 4.78 is 12.1. The van der Waals surface area contributed by atoms with Crippen molar-refractivity contribution in [2.75, 3.05) is 43.9 Å². The number of anilines is 1. The lowest BCUT2D eigenvalue weighted by atomic mass is 10.2. The van der Waals surface area contributed by atoms with E-state index in [2.05, 4.69) is 31.0 Å². The number of carbonyl (C=O) groups is 1. The molecule has 1 aromatic heterocycles. The monoisotopic (exact) mass is 488 g/mol. The van der Waals surface area contributed by atoms with Crippen molar-refractivity contribution in [1.82, 2.24) is 15.1 Å². The molecule has 0 N–H and O–H groups in total. The number of methoxy groups -OCH3 is 1. The molecular formula is C21H21BrN4O3S. The zero-order valence-electron chi connectivity index (χ0n) is 16.5. The first kappa shape index (κ1) is 20.7. The molecule has 0 radical (unpaired) electrons. The van der Waals surface area contributed by atoms with Crippen LogP contribution < -0.4 is 9.64 Å². The van der Waals surface area contributed by atoms with Crippen molar-refractivity contribution in [2.24, 2.45) is 0 Å². The smallest absolute Gasteiger partial charge is 0.277 e. The van der Waals surface area contributed by atoms with Gasteiger partial charge in [-0.15, -0.1) is 10.2 Å². The van der Waals surface area contributed by atoms with E-state index in [9.17, 15) is 4.79 Å². The van der Waals surface area contributed by atoms with E-state index in [0.717, 1.165) is 34.6 Å². The molecule has 1 aliphatic heterocycles. The summed E-state index contributed by atoms with van der Waals surface area (Å²) in [6.45, 7) is 2.88. The zero-order valence-corrected chi connectivity index (χ0v) is 18.9. The molecule has 1 saturated heterocycles. The molecule has 3 aromatic rings. The maximum atomic E-state index is 12.6. The van der Waals surface area contributed by atoms with Crippen molar-refractivity contribution in [2.45, 2.75) is 5.22 Å². The quantitative estimate of drug-likeness (QED) is 0.486. The van der Waals surface area contributed by atoms with Crippen molar-refractivity contribution in [3.8, 4) is 17.2 Å². The Balaban J connectivity index is 1.29. The fraction of sp³-hybridized carbons (Fsp3) is 0.286. The van der Waals surface area contributed by atoms with Gasteiger partial charge in [-0.3, -0.25) is 4.79 Å². The van der Waals surface area contributed by atoms with Gasteiger partial charge in [0.2, 0.25) is 11.8 Å². The predicted molar refractivity (Wildman–Crippen MR) is 120 cm³/mol. The van der Waals surface area contributed by atoms with Crippen LogP contribution in [0.25, 0.3) is 11.5 Å². The first-order valence-corrected chi connectivity index (χ1v) is 11.3. The zero-order chi connectivity index (χ0) is 20.9. The van der Waals surface area contributed by atoms with Gasteiger partial charge in [0.15, 0.2) is 0 Å². The number of nitrogens with zero attached hydrogens (tertiary/aromatic N) is 4. The summed E-state index contributed by atoms with van der Waals surface area (Å²) in [4.78, 5) is 16.7. The van der Waals surface area contributed by atoms with Crippen LogP contribution in [0.4, 0.5) is 5.69 Å². The lowest BCUT2D eigenvalue weighted by Crippen LogP contribution is -2.49. The molecule has 7 nitrogen and oxygen atoms in total. The minimum absolute atomic E-state index is 0.0723. The van der Waals surface area contributed by atoms with Crippen LogP contribution in [-0.2, 0) is 4.79 Å². The highest BCUT2D eigenvalue weighted by molar-refractivity contribution is 9.10. The Kier molecular flexibility index (Phi) is 6.59. The number of hydrogen-bond acceptors (Lipinski definition) is 7. The molecular weight excluding hydrogens is 468 g/mol. The molecule has 0 bridgehead atoms. The van der Waals surface area contributed by atoms with Gasteiger partial charge < -0.3 is 19.0 Å². The first-order valence-electron chi connectivity index (χ1n) is 9.52. The van der Waals surface area contributed by atoms with E-state index < -0.39 is 0 Å². The van der Waals surface area contributed by atoms with E-state index in [0.29, 0.717) is 24.2 Å². The summed E-state index contributed by atoms with van der Waals surface area (Å²) in [5.74, 6) is 1.65. The van der Waals surface area contributed by atoms with Crippen LogP contribution in [0.1, 0.15) is 0 Å². The molecule has 1 fully saturated rings. The van der Waals surface area contributed by atoms with Crippen LogP contribution in [0.3, 0.4) is 0 Å². The van der Waals surface area contributed by atoms with Crippen molar-refractivity contribution in [3.63, 3.8) is 0 Å². The molecule has 2 aromatic carbocycles. The molecule has 9 heteroatoms. The van der Waals surface area contributed by atoms with Gasteiger partial charge in [-0.2, -0.15) is 0 Å². The number of amides is 1. The van der Waals surface area contributed by atoms with Gasteiger partial charge in [-0.25, -0.2) is 0 Å². The molecule has 156 valence electrons. The Bertz CT molecular complexity index is 1000. The molecule has 0 spiro atoms. The Hall–Kier alpha value is -2.52. The van der Waals surface area contributed by atoms with E-state index in [4.69, 9.17) is 9.15 Å². The topological polar surface area (TPSA) is 71.7 Å². The second-order valence-electron chi connectivity index (χ2n) is 6.71. The average Bonchev–Trinajstić information content (AvgIpc) is 3.27. The Labute approximate surface area is 187 Å².